The van der Waals surface area contributed by atoms with Crippen molar-refractivity contribution in [1.82, 2.24) is 0 Å². The summed E-state index contributed by atoms with van der Waals surface area (Å²) < 4.78 is 0. The van der Waals surface area contributed by atoms with Crippen molar-refractivity contribution in [1.29, 1.82) is 0 Å². The van der Waals surface area contributed by atoms with Crippen molar-refractivity contribution in [2.24, 2.45) is 0 Å². The maximum absolute atomic E-state index is 9.20. The first-order valence-electron chi connectivity index (χ1n) is 7.09. The number of aliphatic hydroxyl groups excluding tert-OH is 2. The summed E-state index contributed by atoms with van der Waals surface area (Å²) >= 11 is 0. The zero-order chi connectivity index (χ0) is 14.9. The molecule has 2 aromatic carbocycles. The van der Waals surface area contributed by atoms with Crippen molar-refractivity contribution in [2.75, 3.05) is 13.2 Å². The minimum absolute atomic E-state index is 0.0888. The standard InChI is InChI=1S/C17H21O2PSi/c18-11-13-20(14-12-19)21-17(15-7-3-1-4-8-15)16-9-5-2-6-10-16/h1-10,13-14,17-19H,11-12,21H2. The highest BCUT2D eigenvalue weighted by molar-refractivity contribution is 7.84. The Labute approximate surface area is 128 Å². The van der Waals surface area contributed by atoms with Crippen LogP contribution in [-0.2, 0) is 0 Å². The molecule has 0 aliphatic heterocycles. The Balaban J connectivity index is 2.38. The highest BCUT2D eigenvalue weighted by Gasteiger charge is 2.13. The first kappa shape index (κ1) is 16.0. The maximum atomic E-state index is 9.20. The molecule has 110 valence electrons. The molecule has 0 bridgehead atoms. The largest absolute Gasteiger partial charge is 0.392 e. The molecule has 2 N–H and O–H groups in total. The lowest BCUT2D eigenvalue weighted by molar-refractivity contribution is 0.363. The molecule has 0 spiro atoms. The van der Waals surface area contributed by atoms with E-state index in [1.165, 1.54) is 11.1 Å². The Morgan fingerprint density at radius 2 is 1.24 bits per heavy atom. The fourth-order valence-corrected chi connectivity index (χ4v) is 8.79. The molecule has 0 amide bonds. The van der Waals surface area contributed by atoms with E-state index in [2.05, 4.69) is 48.5 Å². The molecular weight excluding hydrogens is 295 g/mol. The van der Waals surface area contributed by atoms with Crippen molar-refractivity contribution in [2.45, 2.75) is 5.54 Å². The SMILES string of the molecule is OC/C=P(=C\CO)/[SiH2]C(c1ccccc1)c1ccccc1. The monoisotopic (exact) mass is 316 g/mol. The van der Waals surface area contributed by atoms with Gasteiger partial charge < -0.3 is 10.2 Å². The van der Waals surface area contributed by atoms with E-state index in [1.54, 1.807) is 0 Å². The Morgan fingerprint density at radius 3 is 1.62 bits per heavy atom. The van der Waals surface area contributed by atoms with Gasteiger partial charge in [0.25, 0.3) is 0 Å². The quantitative estimate of drug-likeness (QED) is 0.631. The van der Waals surface area contributed by atoms with Crippen LogP contribution < -0.4 is 0 Å². The molecule has 2 aromatic rings. The van der Waals surface area contributed by atoms with Crippen LogP contribution in [0.2, 0.25) is 0 Å². The van der Waals surface area contributed by atoms with E-state index in [4.69, 9.17) is 0 Å². The van der Waals surface area contributed by atoms with Gasteiger partial charge in [-0.1, -0.05) is 60.7 Å². The van der Waals surface area contributed by atoms with Gasteiger partial charge in [0.2, 0.25) is 0 Å². The minimum atomic E-state index is -0.546. The molecule has 0 aliphatic carbocycles. The smallest absolute Gasteiger partial charge is 0.0871 e. The molecular formula is C17H21O2PSi. The lowest BCUT2D eigenvalue weighted by Crippen LogP contribution is -2.07. The number of benzene rings is 2. The van der Waals surface area contributed by atoms with Gasteiger partial charge in [-0.3, -0.25) is 0 Å². The molecule has 2 rings (SSSR count). The van der Waals surface area contributed by atoms with Crippen LogP contribution in [0.1, 0.15) is 16.7 Å². The van der Waals surface area contributed by atoms with Crippen LogP contribution in [0.15, 0.2) is 60.7 Å². The second kappa shape index (κ2) is 8.80. The molecule has 0 saturated carbocycles. The molecule has 0 fully saturated rings. The third-order valence-electron chi connectivity index (χ3n) is 3.43. The predicted molar refractivity (Wildman–Crippen MR) is 96.5 cm³/mol. The van der Waals surface area contributed by atoms with Crippen LogP contribution in [0.25, 0.3) is 0 Å². The summed E-state index contributed by atoms with van der Waals surface area (Å²) in [6.45, 7) is -0.281. The summed E-state index contributed by atoms with van der Waals surface area (Å²) in [5, 5.41) is 18.4. The van der Waals surface area contributed by atoms with E-state index in [9.17, 15) is 10.2 Å². The van der Waals surface area contributed by atoms with Crippen molar-refractivity contribution < 1.29 is 10.2 Å². The fraction of sp³-hybridized carbons (Fsp3) is 0.176. The molecule has 0 saturated heterocycles. The molecule has 0 aromatic heterocycles. The Hall–Kier alpha value is -1.38. The van der Waals surface area contributed by atoms with Crippen LogP contribution in [0.3, 0.4) is 0 Å². The van der Waals surface area contributed by atoms with Crippen molar-refractivity contribution in [3.63, 3.8) is 0 Å². The summed E-state index contributed by atoms with van der Waals surface area (Å²) in [4.78, 5) is 0. The molecule has 0 aliphatic rings. The lowest BCUT2D eigenvalue weighted by atomic mass is 10.0. The first-order valence-corrected chi connectivity index (χ1v) is 11.5. The first-order chi connectivity index (χ1) is 10.3. The van der Waals surface area contributed by atoms with Crippen molar-refractivity contribution in [3.05, 3.63) is 71.8 Å². The van der Waals surface area contributed by atoms with Crippen LogP contribution >= 0.6 is 6.72 Å². The molecule has 4 heteroatoms. The highest BCUT2D eigenvalue weighted by atomic mass is 31.3. The highest BCUT2D eigenvalue weighted by Crippen LogP contribution is 2.28. The fourth-order valence-electron chi connectivity index (χ4n) is 2.42. The van der Waals surface area contributed by atoms with E-state index >= 15 is 0 Å². The van der Waals surface area contributed by atoms with Crippen LogP contribution in [0.5, 0.6) is 0 Å². The van der Waals surface area contributed by atoms with E-state index in [-0.39, 0.29) is 13.2 Å². The summed E-state index contributed by atoms with van der Waals surface area (Å²) in [5.41, 5.74) is 3.09. The molecule has 0 unspecified atom stereocenters. The van der Waals surface area contributed by atoms with Gasteiger partial charge in [0, 0.05) is 5.54 Å². The van der Waals surface area contributed by atoms with Gasteiger partial charge in [-0.25, -0.2) is 0 Å². The predicted octanol–water partition coefficient (Wildman–Crippen LogP) is 1.93. The maximum Gasteiger partial charge on any atom is 0.0871 e. The van der Waals surface area contributed by atoms with Gasteiger partial charge in [-0.15, -0.1) is 0 Å². The topological polar surface area (TPSA) is 40.5 Å². The number of hydrogen-bond donors (Lipinski definition) is 2. The Bertz CT molecular complexity index is 568. The Kier molecular flexibility index (Phi) is 6.71. The summed E-state index contributed by atoms with van der Waals surface area (Å²) in [5.74, 6) is 3.94. The zero-order valence-electron chi connectivity index (χ0n) is 12.0. The number of aliphatic hydroxyl groups is 2. The second-order valence-corrected chi connectivity index (χ2v) is 11.0. The van der Waals surface area contributed by atoms with E-state index in [1.807, 2.05) is 23.7 Å². The zero-order valence-corrected chi connectivity index (χ0v) is 14.3. The normalized spacial score (nSPS) is 12.6. The molecule has 0 atom stereocenters. The number of rotatable bonds is 6. The van der Waals surface area contributed by atoms with Crippen LogP contribution in [0.4, 0.5) is 0 Å². The summed E-state index contributed by atoms with van der Waals surface area (Å²) in [6, 6.07) is 21.1. The van der Waals surface area contributed by atoms with Crippen LogP contribution in [0, 0.1) is 0 Å². The third-order valence-corrected chi connectivity index (χ3v) is 10.3. The molecule has 0 heterocycles. The second-order valence-electron chi connectivity index (χ2n) is 4.80. The summed E-state index contributed by atoms with van der Waals surface area (Å²) in [6.07, 6.45) is 0. The van der Waals surface area contributed by atoms with Gasteiger partial charge in [0.15, 0.2) is 0 Å². The van der Waals surface area contributed by atoms with E-state index < -0.39 is 15.9 Å². The van der Waals surface area contributed by atoms with Crippen LogP contribution in [-0.4, -0.2) is 44.2 Å². The average molecular weight is 316 g/mol. The van der Waals surface area contributed by atoms with E-state index in [0.29, 0.717) is 5.54 Å². The van der Waals surface area contributed by atoms with Gasteiger partial charge >= 0.3 is 0 Å². The minimum Gasteiger partial charge on any atom is -0.392 e. The molecule has 21 heavy (non-hydrogen) atoms. The van der Waals surface area contributed by atoms with Gasteiger partial charge in [0.1, 0.15) is 0 Å². The van der Waals surface area contributed by atoms with Gasteiger partial charge in [0.05, 0.1) is 22.4 Å². The number of hydrogen-bond acceptors (Lipinski definition) is 2. The average Bonchev–Trinajstić information content (AvgIpc) is 2.54. The Morgan fingerprint density at radius 1 is 0.810 bits per heavy atom. The lowest BCUT2D eigenvalue weighted by Gasteiger charge is -2.17. The van der Waals surface area contributed by atoms with Gasteiger partial charge in [-0.2, -0.15) is 6.72 Å². The van der Waals surface area contributed by atoms with Crippen molar-refractivity contribution >= 4 is 27.5 Å². The molecule has 2 nitrogen and oxygen atoms in total. The van der Waals surface area contributed by atoms with E-state index in [0.717, 1.165) is 0 Å². The third kappa shape index (κ3) is 4.83. The summed E-state index contributed by atoms with van der Waals surface area (Å²) in [7, 11) is -0.546. The molecule has 0 radical (unpaired) electrons. The van der Waals surface area contributed by atoms with Crippen molar-refractivity contribution in [3.8, 4) is 0 Å². The van der Waals surface area contributed by atoms with Gasteiger partial charge in [-0.05, 0) is 22.7 Å².